The molecule has 2 atom stereocenters. The summed E-state index contributed by atoms with van der Waals surface area (Å²) in [6.07, 6.45) is 0.982. The Morgan fingerprint density at radius 3 is 2.65 bits per heavy atom. The molecule has 1 aromatic carbocycles. The molecule has 0 spiro atoms. The SMILES string of the molecule is CCCS(=O)CC(NC)c1cc(C)ccc1C. The number of benzene rings is 1. The summed E-state index contributed by atoms with van der Waals surface area (Å²) < 4.78 is 11.9. The molecule has 1 rings (SSSR count). The third kappa shape index (κ3) is 4.25. The van der Waals surface area contributed by atoms with E-state index in [4.69, 9.17) is 0 Å². The van der Waals surface area contributed by atoms with Crippen LogP contribution in [-0.4, -0.2) is 22.8 Å². The lowest BCUT2D eigenvalue weighted by atomic mass is 10.0. The summed E-state index contributed by atoms with van der Waals surface area (Å²) in [4.78, 5) is 0. The third-order valence-electron chi connectivity index (χ3n) is 2.94. The first kappa shape index (κ1) is 14.4. The number of hydrogen-bond acceptors (Lipinski definition) is 2. The van der Waals surface area contributed by atoms with Crippen molar-refractivity contribution in [3.63, 3.8) is 0 Å². The van der Waals surface area contributed by atoms with Crippen molar-refractivity contribution in [1.82, 2.24) is 5.32 Å². The van der Waals surface area contributed by atoms with Gasteiger partial charge in [-0.2, -0.15) is 0 Å². The molecule has 1 aromatic rings. The fourth-order valence-corrected chi connectivity index (χ4v) is 3.30. The van der Waals surface area contributed by atoms with Crippen molar-refractivity contribution in [3.05, 3.63) is 34.9 Å². The van der Waals surface area contributed by atoms with Crippen LogP contribution < -0.4 is 5.32 Å². The smallest absolute Gasteiger partial charge is 0.0437 e. The van der Waals surface area contributed by atoms with Gasteiger partial charge in [-0.05, 0) is 38.4 Å². The highest BCUT2D eigenvalue weighted by molar-refractivity contribution is 7.85. The van der Waals surface area contributed by atoms with E-state index in [1.807, 2.05) is 7.05 Å². The zero-order valence-electron chi connectivity index (χ0n) is 11.2. The summed E-state index contributed by atoms with van der Waals surface area (Å²) in [7, 11) is 1.21. The monoisotopic (exact) mass is 253 g/mol. The highest BCUT2D eigenvalue weighted by atomic mass is 32.2. The number of rotatable bonds is 6. The molecule has 2 nitrogen and oxygen atoms in total. The first-order chi connectivity index (χ1) is 8.08. The summed E-state index contributed by atoms with van der Waals surface area (Å²) in [5.74, 6) is 1.50. The zero-order chi connectivity index (χ0) is 12.8. The van der Waals surface area contributed by atoms with Crippen LogP contribution in [0.2, 0.25) is 0 Å². The van der Waals surface area contributed by atoms with E-state index in [1.54, 1.807) is 0 Å². The Balaban J connectivity index is 2.85. The largest absolute Gasteiger partial charge is 0.312 e. The van der Waals surface area contributed by atoms with Gasteiger partial charge in [0.15, 0.2) is 0 Å². The quantitative estimate of drug-likeness (QED) is 0.844. The van der Waals surface area contributed by atoms with E-state index in [9.17, 15) is 4.21 Å². The summed E-state index contributed by atoms with van der Waals surface area (Å²) in [5.41, 5.74) is 3.80. The molecular weight excluding hydrogens is 230 g/mol. The predicted octanol–water partition coefficient (Wildman–Crippen LogP) is 2.72. The average molecular weight is 253 g/mol. The molecular formula is C14H23NOS. The number of aryl methyl sites for hydroxylation is 2. The van der Waals surface area contributed by atoms with Crippen molar-refractivity contribution in [2.45, 2.75) is 33.2 Å². The van der Waals surface area contributed by atoms with Gasteiger partial charge in [0.25, 0.3) is 0 Å². The lowest BCUT2D eigenvalue weighted by Gasteiger charge is -2.19. The van der Waals surface area contributed by atoms with E-state index in [1.165, 1.54) is 16.7 Å². The molecule has 0 saturated carbocycles. The zero-order valence-corrected chi connectivity index (χ0v) is 12.1. The van der Waals surface area contributed by atoms with Crippen LogP contribution in [-0.2, 0) is 10.8 Å². The van der Waals surface area contributed by atoms with Crippen LogP contribution in [0.4, 0.5) is 0 Å². The van der Waals surface area contributed by atoms with Gasteiger partial charge < -0.3 is 5.32 Å². The van der Waals surface area contributed by atoms with Gasteiger partial charge in [-0.15, -0.1) is 0 Å². The Labute approximate surface area is 107 Å². The molecule has 0 bridgehead atoms. The van der Waals surface area contributed by atoms with Crippen LogP contribution in [0.25, 0.3) is 0 Å². The summed E-state index contributed by atoms with van der Waals surface area (Å²) in [6, 6.07) is 6.65. The summed E-state index contributed by atoms with van der Waals surface area (Å²) in [6.45, 7) is 6.28. The van der Waals surface area contributed by atoms with Gasteiger partial charge in [-0.25, -0.2) is 0 Å². The predicted molar refractivity (Wildman–Crippen MR) is 75.9 cm³/mol. The number of hydrogen-bond donors (Lipinski definition) is 1. The maximum atomic E-state index is 11.9. The van der Waals surface area contributed by atoms with Crippen LogP contribution in [0.1, 0.15) is 36.1 Å². The van der Waals surface area contributed by atoms with Gasteiger partial charge in [-0.3, -0.25) is 4.21 Å². The van der Waals surface area contributed by atoms with E-state index in [0.29, 0.717) is 5.75 Å². The number of nitrogens with one attached hydrogen (secondary N) is 1. The van der Waals surface area contributed by atoms with Crippen LogP contribution in [0.15, 0.2) is 18.2 Å². The Hall–Kier alpha value is -0.670. The van der Waals surface area contributed by atoms with E-state index in [2.05, 4.69) is 44.3 Å². The molecule has 0 aliphatic heterocycles. The van der Waals surface area contributed by atoms with E-state index in [0.717, 1.165) is 12.2 Å². The molecule has 3 heteroatoms. The van der Waals surface area contributed by atoms with Crippen LogP contribution in [0.3, 0.4) is 0 Å². The highest BCUT2D eigenvalue weighted by Crippen LogP contribution is 2.20. The van der Waals surface area contributed by atoms with Crippen LogP contribution in [0.5, 0.6) is 0 Å². The Morgan fingerprint density at radius 2 is 2.06 bits per heavy atom. The fourth-order valence-electron chi connectivity index (χ4n) is 1.96. The van der Waals surface area contributed by atoms with Crippen LogP contribution >= 0.6 is 0 Å². The normalized spacial score (nSPS) is 14.6. The first-order valence-corrected chi connectivity index (χ1v) is 7.66. The molecule has 0 radical (unpaired) electrons. The van der Waals surface area contributed by atoms with Gasteiger partial charge in [0.2, 0.25) is 0 Å². The van der Waals surface area contributed by atoms with E-state index < -0.39 is 10.8 Å². The lowest BCUT2D eigenvalue weighted by Crippen LogP contribution is -2.24. The maximum absolute atomic E-state index is 11.9. The Bertz CT molecular complexity index is 390. The molecule has 0 aliphatic carbocycles. The van der Waals surface area contributed by atoms with E-state index >= 15 is 0 Å². The van der Waals surface area contributed by atoms with Gasteiger partial charge in [0.1, 0.15) is 0 Å². The highest BCUT2D eigenvalue weighted by Gasteiger charge is 2.14. The fraction of sp³-hybridized carbons (Fsp3) is 0.571. The van der Waals surface area contributed by atoms with Gasteiger partial charge in [0.05, 0.1) is 0 Å². The molecule has 0 aromatic heterocycles. The van der Waals surface area contributed by atoms with Gasteiger partial charge in [-0.1, -0.05) is 30.7 Å². The van der Waals surface area contributed by atoms with Crippen molar-refractivity contribution < 1.29 is 4.21 Å². The second kappa shape index (κ2) is 6.92. The minimum Gasteiger partial charge on any atom is -0.312 e. The van der Waals surface area contributed by atoms with Crippen molar-refractivity contribution in [1.29, 1.82) is 0 Å². The third-order valence-corrected chi connectivity index (χ3v) is 4.51. The summed E-state index contributed by atoms with van der Waals surface area (Å²) in [5, 5.41) is 3.28. The molecule has 0 saturated heterocycles. The molecule has 0 fully saturated rings. The molecule has 2 unspecified atom stereocenters. The topological polar surface area (TPSA) is 29.1 Å². The van der Waals surface area contributed by atoms with Crippen molar-refractivity contribution in [3.8, 4) is 0 Å². The molecule has 0 aliphatic rings. The molecule has 96 valence electrons. The van der Waals surface area contributed by atoms with Gasteiger partial charge >= 0.3 is 0 Å². The maximum Gasteiger partial charge on any atom is 0.0437 e. The second-order valence-electron chi connectivity index (χ2n) is 4.51. The molecule has 0 heterocycles. The van der Waals surface area contributed by atoms with Crippen molar-refractivity contribution in [2.75, 3.05) is 18.6 Å². The second-order valence-corrected chi connectivity index (χ2v) is 6.13. The minimum atomic E-state index is -0.728. The standard InChI is InChI=1S/C14H23NOS/c1-5-8-17(16)10-14(15-4)13-9-11(2)6-7-12(13)3/h6-7,9,14-15H,5,8,10H2,1-4H3. The average Bonchev–Trinajstić information content (AvgIpc) is 2.30. The van der Waals surface area contributed by atoms with Gasteiger partial charge in [0, 0.05) is 28.3 Å². The van der Waals surface area contributed by atoms with Crippen molar-refractivity contribution in [2.24, 2.45) is 0 Å². The minimum absolute atomic E-state index is 0.197. The molecule has 0 amide bonds. The lowest BCUT2D eigenvalue weighted by molar-refractivity contribution is 0.632. The van der Waals surface area contributed by atoms with Crippen molar-refractivity contribution >= 4 is 10.8 Å². The summed E-state index contributed by atoms with van der Waals surface area (Å²) >= 11 is 0. The molecule has 17 heavy (non-hydrogen) atoms. The Kier molecular flexibility index (Phi) is 5.86. The molecule has 1 N–H and O–H groups in total. The van der Waals surface area contributed by atoms with Crippen LogP contribution in [0, 0.1) is 13.8 Å². The Morgan fingerprint density at radius 1 is 1.35 bits per heavy atom. The first-order valence-electron chi connectivity index (χ1n) is 6.17. The van der Waals surface area contributed by atoms with E-state index in [-0.39, 0.29) is 6.04 Å².